The second kappa shape index (κ2) is 6.78. The molecule has 0 aliphatic carbocycles. The third kappa shape index (κ3) is 3.39. The molecule has 0 spiro atoms. The summed E-state index contributed by atoms with van der Waals surface area (Å²) < 4.78 is 4.06. The van der Waals surface area contributed by atoms with Gasteiger partial charge in [-0.05, 0) is 49.0 Å². The summed E-state index contributed by atoms with van der Waals surface area (Å²) in [6.45, 7) is 7.39. The van der Waals surface area contributed by atoms with E-state index in [2.05, 4.69) is 53.0 Å². The lowest BCUT2D eigenvalue weighted by Gasteiger charge is -2.18. The van der Waals surface area contributed by atoms with Crippen molar-refractivity contribution in [2.75, 3.05) is 6.54 Å². The number of hydrogen-bond donors (Lipinski definition) is 1. The van der Waals surface area contributed by atoms with Crippen LogP contribution in [0.4, 0.5) is 0 Å². The molecule has 1 aromatic heterocycles. The van der Waals surface area contributed by atoms with Gasteiger partial charge in [-0.25, -0.2) is 0 Å². The van der Waals surface area contributed by atoms with Crippen LogP contribution < -0.4 is 5.32 Å². The number of aromatic nitrogens is 2. The second-order valence-electron chi connectivity index (χ2n) is 4.70. The Labute approximate surface area is 119 Å². The van der Waals surface area contributed by atoms with Crippen molar-refractivity contribution >= 4 is 11.5 Å². The first kappa shape index (κ1) is 14.2. The monoisotopic (exact) mass is 275 g/mol. The van der Waals surface area contributed by atoms with E-state index in [1.807, 2.05) is 6.92 Å². The zero-order valence-corrected chi connectivity index (χ0v) is 12.6. The highest BCUT2D eigenvalue weighted by molar-refractivity contribution is 7.05. The highest BCUT2D eigenvalue weighted by atomic mass is 32.1. The van der Waals surface area contributed by atoms with Crippen molar-refractivity contribution in [1.29, 1.82) is 0 Å². The van der Waals surface area contributed by atoms with Gasteiger partial charge in [-0.1, -0.05) is 42.6 Å². The Morgan fingerprint density at radius 3 is 2.47 bits per heavy atom. The number of nitrogens with zero attached hydrogens (tertiary/aromatic N) is 2. The van der Waals surface area contributed by atoms with Crippen LogP contribution in [0.5, 0.6) is 0 Å². The molecule has 102 valence electrons. The van der Waals surface area contributed by atoms with Crippen LogP contribution in [0.1, 0.15) is 48.0 Å². The summed E-state index contributed by atoms with van der Waals surface area (Å²) in [5.74, 6) is 0. The Bertz CT molecular complexity index is 504. The third-order valence-electron chi connectivity index (χ3n) is 3.27. The molecule has 19 heavy (non-hydrogen) atoms. The van der Waals surface area contributed by atoms with Crippen molar-refractivity contribution in [2.24, 2.45) is 0 Å². The van der Waals surface area contributed by atoms with Crippen molar-refractivity contribution in [3.05, 3.63) is 46.0 Å². The molecule has 1 N–H and O–H groups in total. The van der Waals surface area contributed by atoms with E-state index in [4.69, 9.17) is 0 Å². The van der Waals surface area contributed by atoms with E-state index < -0.39 is 0 Å². The minimum atomic E-state index is 0.214. The third-order valence-corrected chi connectivity index (χ3v) is 4.16. The lowest BCUT2D eigenvalue weighted by molar-refractivity contribution is 0.602. The Morgan fingerprint density at radius 2 is 1.95 bits per heavy atom. The van der Waals surface area contributed by atoms with Crippen molar-refractivity contribution in [2.45, 2.75) is 39.7 Å². The summed E-state index contributed by atoms with van der Waals surface area (Å²) in [4.78, 5) is 1.22. The van der Waals surface area contributed by atoms with Crippen LogP contribution in [-0.4, -0.2) is 16.1 Å². The maximum atomic E-state index is 4.13. The topological polar surface area (TPSA) is 37.8 Å². The molecule has 3 nitrogen and oxygen atoms in total. The first-order valence-electron chi connectivity index (χ1n) is 6.87. The highest BCUT2D eigenvalue weighted by Gasteiger charge is 2.18. The summed E-state index contributed by atoms with van der Waals surface area (Å²) in [6, 6.07) is 9.06. The molecule has 1 heterocycles. The molecule has 1 atom stereocenters. The fraction of sp³-hybridized carbons (Fsp3) is 0.467. The van der Waals surface area contributed by atoms with Gasteiger partial charge < -0.3 is 5.32 Å². The molecule has 2 rings (SSSR count). The van der Waals surface area contributed by atoms with Crippen molar-refractivity contribution < 1.29 is 0 Å². The van der Waals surface area contributed by atoms with E-state index in [1.165, 1.54) is 27.5 Å². The van der Waals surface area contributed by atoms with Crippen LogP contribution in [0.25, 0.3) is 0 Å². The molecule has 0 aliphatic heterocycles. The maximum absolute atomic E-state index is 4.13. The van der Waals surface area contributed by atoms with E-state index in [1.54, 1.807) is 0 Å². The zero-order valence-electron chi connectivity index (χ0n) is 11.8. The van der Waals surface area contributed by atoms with Gasteiger partial charge in [0, 0.05) is 0 Å². The number of benzene rings is 1. The lowest BCUT2D eigenvalue weighted by atomic mass is 10.0. The van der Waals surface area contributed by atoms with Gasteiger partial charge in [0.25, 0.3) is 0 Å². The van der Waals surface area contributed by atoms with Crippen LogP contribution in [0, 0.1) is 6.92 Å². The van der Waals surface area contributed by atoms with Gasteiger partial charge in [0.2, 0.25) is 0 Å². The molecule has 1 aromatic carbocycles. The SMILES string of the molecule is CCCNC(c1ccc(CC)cc1)c1snnc1C. The molecular formula is C15H21N3S. The molecule has 0 aliphatic rings. The fourth-order valence-electron chi connectivity index (χ4n) is 2.10. The molecule has 0 saturated carbocycles. The summed E-state index contributed by atoms with van der Waals surface area (Å²) >= 11 is 1.49. The van der Waals surface area contributed by atoms with E-state index in [-0.39, 0.29) is 6.04 Å². The molecule has 0 radical (unpaired) electrons. The number of hydrogen-bond acceptors (Lipinski definition) is 4. The molecule has 0 bridgehead atoms. The predicted molar refractivity (Wildman–Crippen MR) is 80.6 cm³/mol. The van der Waals surface area contributed by atoms with E-state index in [0.29, 0.717) is 0 Å². The fourth-order valence-corrected chi connectivity index (χ4v) is 2.85. The van der Waals surface area contributed by atoms with Gasteiger partial charge in [0.05, 0.1) is 16.6 Å². The highest BCUT2D eigenvalue weighted by Crippen LogP contribution is 2.27. The minimum Gasteiger partial charge on any atom is -0.305 e. The Kier molecular flexibility index (Phi) is 5.05. The van der Waals surface area contributed by atoms with Gasteiger partial charge in [0.15, 0.2) is 0 Å². The van der Waals surface area contributed by atoms with Crippen LogP contribution >= 0.6 is 11.5 Å². The normalized spacial score (nSPS) is 12.6. The van der Waals surface area contributed by atoms with Gasteiger partial charge in [-0.3, -0.25) is 0 Å². The second-order valence-corrected chi connectivity index (χ2v) is 5.49. The standard InChI is InChI=1S/C15H21N3S/c1-4-10-16-14(15-11(3)17-18-19-15)13-8-6-12(5-2)7-9-13/h6-9,14,16H,4-5,10H2,1-3H3. The average Bonchev–Trinajstić information content (AvgIpc) is 2.86. The first-order chi connectivity index (χ1) is 9.26. The zero-order chi connectivity index (χ0) is 13.7. The Morgan fingerprint density at radius 1 is 1.21 bits per heavy atom. The van der Waals surface area contributed by atoms with Crippen molar-refractivity contribution in [3.8, 4) is 0 Å². The van der Waals surface area contributed by atoms with E-state index >= 15 is 0 Å². The first-order valence-corrected chi connectivity index (χ1v) is 7.64. The largest absolute Gasteiger partial charge is 0.305 e. The minimum absolute atomic E-state index is 0.214. The summed E-state index contributed by atoms with van der Waals surface area (Å²) in [5, 5.41) is 7.73. The average molecular weight is 275 g/mol. The van der Waals surface area contributed by atoms with Crippen LogP contribution in [0.3, 0.4) is 0 Å². The summed E-state index contributed by atoms with van der Waals surface area (Å²) in [7, 11) is 0. The van der Waals surface area contributed by atoms with Crippen molar-refractivity contribution in [1.82, 2.24) is 14.9 Å². The number of nitrogens with one attached hydrogen (secondary N) is 1. The number of rotatable bonds is 6. The lowest BCUT2D eigenvalue weighted by Crippen LogP contribution is -2.23. The van der Waals surface area contributed by atoms with Crippen LogP contribution in [0.15, 0.2) is 24.3 Å². The molecule has 0 fully saturated rings. The molecule has 0 saturated heterocycles. The summed E-state index contributed by atoms with van der Waals surface area (Å²) in [5.41, 5.74) is 3.69. The molecule has 1 unspecified atom stereocenters. The smallest absolute Gasteiger partial charge is 0.0776 e. The maximum Gasteiger partial charge on any atom is 0.0776 e. The van der Waals surface area contributed by atoms with Gasteiger partial charge in [-0.2, -0.15) is 0 Å². The van der Waals surface area contributed by atoms with E-state index in [0.717, 1.165) is 25.1 Å². The van der Waals surface area contributed by atoms with Gasteiger partial charge in [-0.15, -0.1) is 5.10 Å². The van der Waals surface area contributed by atoms with Gasteiger partial charge in [0.1, 0.15) is 0 Å². The summed E-state index contributed by atoms with van der Waals surface area (Å²) in [6.07, 6.45) is 2.20. The molecule has 4 heteroatoms. The number of aryl methyl sites for hydroxylation is 2. The Hall–Kier alpha value is -1.26. The Balaban J connectivity index is 2.28. The van der Waals surface area contributed by atoms with Crippen molar-refractivity contribution in [3.63, 3.8) is 0 Å². The molecular weight excluding hydrogens is 254 g/mol. The molecule has 2 aromatic rings. The quantitative estimate of drug-likeness (QED) is 0.877. The predicted octanol–water partition coefficient (Wildman–Crippen LogP) is 3.50. The van der Waals surface area contributed by atoms with Gasteiger partial charge >= 0.3 is 0 Å². The van der Waals surface area contributed by atoms with Crippen LogP contribution in [0.2, 0.25) is 0 Å². The van der Waals surface area contributed by atoms with Crippen LogP contribution in [-0.2, 0) is 6.42 Å². The molecule has 0 amide bonds. The van der Waals surface area contributed by atoms with E-state index in [9.17, 15) is 0 Å².